The van der Waals surface area contributed by atoms with Crippen LogP contribution in [-0.2, 0) is 21.2 Å². The fraction of sp³-hybridized carbons (Fsp3) is 0.462. The van der Waals surface area contributed by atoms with Gasteiger partial charge in [0.05, 0.1) is 11.3 Å². The zero-order valence-corrected chi connectivity index (χ0v) is 12.1. The standard InChI is InChI=1S/C13H18N2O4S/c1-14-6-8-15(9-7-14)20(18,19)12-4-2-11(3-5-12)10-13(16)17/h2-5H,6-10H2,1H3,(H,16,17). The largest absolute Gasteiger partial charge is 0.481 e. The zero-order chi connectivity index (χ0) is 14.8. The van der Waals surface area contributed by atoms with Gasteiger partial charge < -0.3 is 10.0 Å². The second-order valence-corrected chi connectivity index (χ2v) is 6.86. The fourth-order valence-electron chi connectivity index (χ4n) is 2.13. The molecule has 1 aliphatic heterocycles. The molecule has 1 N–H and O–H groups in total. The minimum absolute atomic E-state index is 0.102. The van der Waals surface area contributed by atoms with Crippen LogP contribution in [0.25, 0.3) is 0 Å². The third-order valence-corrected chi connectivity index (χ3v) is 5.29. The van der Waals surface area contributed by atoms with Crippen LogP contribution < -0.4 is 0 Å². The lowest BCUT2D eigenvalue weighted by atomic mass is 10.2. The maximum Gasteiger partial charge on any atom is 0.307 e. The number of benzene rings is 1. The zero-order valence-electron chi connectivity index (χ0n) is 11.3. The fourth-order valence-corrected chi connectivity index (χ4v) is 3.55. The normalized spacial score (nSPS) is 18.1. The molecule has 1 fully saturated rings. The molecule has 0 aliphatic carbocycles. The highest BCUT2D eigenvalue weighted by Crippen LogP contribution is 2.18. The lowest BCUT2D eigenvalue weighted by molar-refractivity contribution is -0.136. The molecule has 7 heteroatoms. The molecular weight excluding hydrogens is 280 g/mol. The van der Waals surface area contributed by atoms with Crippen molar-refractivity contribution in [3.63, 3.8) is 0 Å². The van der Waals surface area contributed by atoms with Crippen LogP contribution in [0.15, 0.2) is 29.2 Å². The second kappa shape index (κ2) is 5.90. The number of sulfonamides is 1. The molecule has 1 heterocycles. The molecule has 0 saturated carbocycles. The molecule has 0 radical (unpaired) electrons. The van der Waals surface area contributed by atoms with Gasteiger partial charge in [-0.3, -0.25) is 4.79 Å². The first kappa shape index (κ1) is 15.0. The van der Waals surface area contributed by atoms with E-state index >= 15 is 0 Å². The van der Waals surface area contributed by atoms with Crippen molar-refractivity contribution in [2.45, 2.75) is 11.3 Å². The third kappa shape index (κ3) is 3.36. The van der Waals surface area contributed by atoms with E-state index in [4.69, 9.17) is 5.11 Å². The summed E-state index contributed by atoms with van der Waals surface area (Å²) in [5, 5.41) is 8.69. The van der Waals surface area contributed by atoms with Crippen molar-refractivity contribution in [2.75, 3.05) is 33.2 Å². The number of piperazine rings is 1. The molecule has 110 valence electrons. The van der Waals surface area contributed by atoms with Gasteiger partial charge in [0, 0.05) is 26.2 Å². The van der Waals surface area contributed by atoms with E-state index in [1.165, 1.54) is 16.4 Å². The number of hydrogen-bond donors (Lipinski definition) is 1. The second-order valence-electron chi connectivity index (χ2n) is 4.92. The molecule has 0 unspecified atom stereocenters. The number of likely N-dealkylation sites (N-methyl/N-ethyl adjacent to an activating group) is 1. The Morgan fingerprint density at radius 3 is 2.20 bits per heavy atom. The average molecular weight is 298 g/mol. The molecule has 2 rings (SSSR count). The number of carbonyl (C=O) groups is 1. The predicted molar refractivity (Wildman–Crippen MR) is 74.0 cm³/mol. The van der Waals surface area contributed by atoms with E-state index < -0.39 is 16.0 Å². The van der Waals surface area contributed by atoms with Gasteiger partial charge >= 0.3 is 5.97 Å². The van der Waals surface area contributed by atoms with E-state index in [0.29, 0.717) is 18.7 Å². The van der Waals surface area contributed by atoms with Crippen molar-refractivity contribution in [1.82, 2.24) is 9.21 Å². The van der Waals surface area contributed by atoms with Crippen molar-refractivity contribution in [2.24, 2.45) is 0 Å². The van der Waals surface area contributed by atoms with Crippen molar-refractivity contribution in [3.8, 4) is 0 Å². The average Bonchev–Trinajstić information content (AvgIpc) is 2.39. The van der Waals surface area contributed by atoms with Crippen LogP contribution in [0.2, 0.25) is 0 Å². The molecule has 6 nitrogen and oxygen atoms in total. The minimum atomic E-state index is -3.47. The van der Waals surface area contributed by atoms with Crippen LogP contribution in [0.1, 0.15) is 5.56 Å². The van der Waals surface area contributed by atoms with E-state index in [1.807, 2.05) is 7.05 Å². The maximum atomic E-state index is 12.4. The quantitative estimate of drug-likeness (QED) is 0.862. The Labute approximate surface area is 118 Å². The Hall–Kier alpha value is -1.44. The molecule has 1 saturated heterocycles. The third-order valence-electron chi connectivity index (χ3n) is 3.38. The Morgan fingerprint density at radius 1 is 1.15 bits per heavy atom. The van der Waals surface area contributed by atoms with Gasteiger partial charge in [-0.25, -0.2) is 8.42 Å². The Balaban J connectivity index is 2.15. The Morgan fingerprint density at radius 2 is 1.70 bits per heavy atom. The van der Waals surface area contributed by atoms with E-state index in [2.05, 4.69) is 4.90 Å². The molecule has 20 heavy (non-hydrogen) atoms. The molecule has 0 atom stereocenters. The lowest BCUT2D eigenvalue weighted by Gasteiger charge is -2.31. The van der Waals surface area contributed by atoms with Crippen LogP contribution in [0, 0.1) is 0 Å². The summed E-state index contributed by atoms with van der Waals surface area (Å²) in [5.74, 6) is -0.931. The summed E-state index contributed by atoms with van der Waals surface area (Å²) in [4.78, 5) is 12.9. The predicted octanol–water partition coefficient (Wildman–Crippen LogP) is 0.250. The summed E-state index contributed by atoms with van der Waals surface area (Å²) >= 11 is 0. The van der Waals surface area contributed by atoms with Gasteiger partial charge in [0.15, 0.2) is 0 Å². The first-order valence-electron chi connectivity index (χ1n) is 6.39. The van der Waals surface area contributed by atoms with Gasteiger partial charge in [0.1, 0.15) is 0 Å². The van der Waals surface area contributed by atoms with Gasteiger partial charge in [-0.15, -0.1) is 0 Å². The van der Waals surface area contributed by atoms with E-state index in [0.717, 1.165) is 13.1 Å². The van der Waals surface area contributed by atoms with Gasteiger partial charge in [0.25, 0.3) is 0 Å². The highest BCUT2D eigenvalue weighted by Gasteiger charge is 2.27. The molecule has 1 aromatic carbocycles. The molecule has 0 amide bonds. The highest BCUT2D eigenvalue weighted by atomic mass is 32.2. The lowest BCUT2D eigenvalue weighted by Crippen LogP contribution is -2.46. The van der Waals surface area contributed by atoms with Crippen molar-refractivity contribution in [3.05, 3.63) is 29.8 Å². The number of rotatable bonds is 4. The van der Waals surface area contributed by atoms with Gasteiger partial charge in [-0.2, -0.15) is 4.31 Å². The number of nitrogens with zero attached hydrogens (tertiary/aromatic N) is 2. The molecular formula is C13H18N2O4S. The van der Waals surface area contributed by atoms with Crippen LogP contribution in [0.3, 0.4) is 0 Å². The molecule has 1 aromatic rings. The molecule has 0 spiro atoms. The number of hydrogen-bond acceptors (Lipinski definition) is 4. The summed E-state index contributed by atoms with van der Waals surface area (Å²) in [5.41, 5.74) is 0.592. The Bertz CT molecular complexity index is 575. The van der Waals surface area contributed by atoms with Crippen LogP contribution >= 0.6 is 0 Å². The summed E-state index contributed by atoms with van der Waals surface area (Å²) in [6, 6.07) is 6.06. The topological polar surface area (TPSA) is 77.9 Å². The number of aliphatic carboxylic acids is 1. The van der Waals surface area contributed by atoms with Gasteiger partial charge in [-0.1, -0.05) is 12.1 Å². The number of carboxylic acid groups (broad SMARTS) is 1. The van der Waals surface area contributed by atoms with Crippen LogP contribution in [0.5, 0.6) is 0 Å². The first-order chi connectivity index (χ1) is 9.39. The first-order valence-corrected chi connectivity index (χ1v) is 7.83. The van der Waals surface area contributed by atoms with Crippen molar-refractivity contribution < 1.29 is 18.3 Å². The van der Waals surface area contributed by atoms with Crippen molar-refractivity contribution in [1.29, 1.82) is 0 Å². The van der Waals surface area contributed by atoms with Gasteiger partial charge in [0.2, 0.25) is 10.0 Å². The van der Waals surface area contributed by atoms with Crippen LogP contribution in [-0.4, -0.2) is 61.9 Å². The SMILES string of the molecule is CN1CCN(S(=O)(=O)c2ccc(CC(=O)O)cc2)CC1. The maximum absolute atomic E-state index is 12.4. The molecule has 0 bridgehead atoms. The summed E-state index contributed by atoms with van der Waals surface area (Å²) in [6.07, 6.45) is -0.102. The van der Waals surface area contributed by atoms with Crippen molar-refractivity contribution >= 4 is 16.0 Å². The Kier molecular flexibility index (Phi) is 4.42. The highest BCUT2D eigenvalue weighted by molar-refractivity contribution is 7.89. The summed E-state index contributed by atoms with van der Waals surface area (Å²) in [7, 11) is -1.51. The smallest absolute Gasteiger partial charge is 0.307 e. The monoisotopic (exact) mass is 298 g/mol. The summed E-state index contributed by atoms with van der Waals surface area (Å²) in [6.45, 7) is 2.40. The van der Waals surface area contributed by atoms with Crippen LogP contribution in [0.4, 0.5) is 0 Å². The van der Waals surface area contributed by atoms with Gasteiger partial charge in [-0.05, 0) is 24.7 Å². The number of carboxylic acids is 1. The molecule has 0 aromatic heterocycles. The van der Waals surface area contributed by atoms with E-state index in [9.17, 15) is 13.2 Å². The van der Waals surface area contributed by atoms with E-state index in [1.54, 1.807) is 12.1 Å². The minimum Gasteiger partial charge on any atom is -0.481 e. The molecule has 1 aliphatic rings. The summed E-state index contributed by atoms with van der Waals surface area (Å²) < 4.78 is 26.3. The van der Waals surface area contributed by atoms with E-state index in [-0.39, 0.29) is 11.3 Å².